The van der Waals surface area contributed by atoms with Crippen LogP contribution >= 0.6 is 31.9 Å². The van der Waals surface area contributed by atoms with E-state index in [0.29, 0.717) is 35.2 Å². The maximum atomic E-state index is 12.2. The number of hydrogen-bond acceptors (Lipinski definition) is 10. The number of carbonyl (C=O) groups is 2. The Morgan fingerprint density at radius 1 is 0.521 bits per heavy atom. The third kappa shape index (κ3) is 11.5. The molecule has 4 fully saturated rings. The summed E-state index contributed by atoms with van der Waals surface area (Å²) in [5.41, 5.74) is 15.5. The molecule has 0 bridgehead atoms. The van der Waals surface area contributed by atoms with E-state index in [9.17, 15) is 29.8 Å². The Kier molecular flexibility index (Phi) is 17.9. The second kappa shape index (κ2) is 26.0. The minimum absolute atomic E-state index is 0.120. The molecule has 15 rings (SSSR count). The average molecular weight is 1420 g/mol. The van der Waals surface area contributed by atoms with Crippen LogP contribution < -0.4 is 9.80 Å². The van der Waals surface area contributed by atoms with Crippen molar-refractivity contribution in [1.82, 2.24) is 9.80 Å². The van der Waals surface area contributed by atoms with Crippen LogP contribution in [0.5, 0.6) is 0 Å². The van der Waals surface area contributed by atoms with Crippen molar-refractivity contribution in [2.45, 2.75) is 127 Å². The van der Waals surface area contributed by atoms with Crippen LogP contribution in [0, 0.1) is 20.2 Å². The average Bonchev–Trinajstić information content (AvgIpc) is 1.59. The van der Waals surface area contributed by atoms with Crippen molar-refractivity contribution in [2.24, 2.45) is 0 Å². The molecule has 7 aromatic carbocycles. The molecule has 2 amide bonds. The predicted molar refractivity (Wildman–Crippen MR) is 388 cm³/mol. The van der Waals surface area contributed by atoms with Gasteiger partial charge in [0.25, 0.3) is 11.4 Å². The molecule has 2 aliphatic carbocycles. The van der Waals surface area contributed by atoms with Crippen LogP contribution in [0.15, 0.2) is 178 Å². The molecule has 2 saturated carbocycles. The molecule has 0 radical (unpaired) electrons. The number of nitro benzene ring substituents is 2. The van der Waals surface area contributed by atoms with Crippen LogP contribution in [0.3, 0.4) is 0 Å². The number of rotatable bonds is 10. The number of amides is 2. The van der Waals surface area contributed by atoms with Gasteiger partial charge in [-0.15, -0.1) is 0 Å². The van der Waals surface area contributed by atoms with Crippen LogP contribution in [0.25, 0.3) is 21.5 Å². The molecule has 18 heteroatoms. The lowest BCUT2D eigenvalue weighted by Gasteiger charge is -2.36. The smallest absolute Gasteiger partial charge is 0.409 e. The summed E-state index contributed by atoms with van der Waals surface area (Å²) in [6, 6.07) is 43.4. The van der Waals surface area contributed by atoms with Crippen molar-refractivity contribution < 1.29 is 38.1 Å². The number of nitrogens with zero attached hydrogens (tertiary/aromatic N) is 8. The summed E-state index contributed by atoms with van der Waals surface area (Å²) in [4.78, 5) is 52.1. The zero-order chi connectivity index (χ0) is 67.6. The molecule has 96 heavy (non-hydrogen) atoms. The van der Waals surface area contributed by atoms with Gasteiger partial charge in [0.05, 0.1) is 42.7 Å². The van der Waals surface area contributed by atoms with E-state index < -0.39 is 0 Å². The molecular formula is C78H82Br2N8O8+2. The number of ether oxygens (including phenoxy) is 2. The largest absolute Gasteiger partial charge is 0.448 e. The molecule has 7 aromatic rings. The normalized spacial score (nSPS) is 20.2. The Morgan fingerprint density at radius 2 is 0.896 bits per heavy atom. The number of allylic oxidation sites excluding steroid dienone is 8. The Bertz CT molecular complexity index is 4270. The highest BCUT2D eigenvalue weighted by molar-refractivity contribution is 9.11. The van der Waals surface area contributed by atoms with Gasteiger partial charge in [-0.2, -0.15) is 9.15 Å². The summed E-state index contributed by atoms with van der Waals surface area (Å²) in [6.45, 7) is 13.4. The number of benzene rings is 7. The van der Waals surface area contributed by atoms with Gasteiger partial charge in [0, 0.05) is 120 Å². The lowest BCUT2D eigenvalue weighted by atomic mass is 9.68. The van der Waals surface area contributed by atoms with E-state index in [0.717, 1.165) is 87.0 Å². The van der Waals surface area contributed by atoms with Crippen LogP contribution in [0.1, 0.15) is 125 Å². The third-order valence-electron chi connectivity index (χ3n) is 21.6. The van der Waals surface area contributed by atoms with E-state index in [2.05, 4.69) is 236 Å². The van der Waals surface area contributed by atoms with Gasteiger partial charge in [0.2, 0.25) is 11.4 Å². The maximum absolute atomic E-state index is 12.2. The number of nitro groups is 2. The summed E-state index contributed by atoms with van der Waals surface area (Å²) in [6.07, 6.45) is 23.8. The van der Waals surface area contributed by atoms with Crippen LogP contribution in [-0.2, 0) is 44.2 Å². The van der Waals surface area contributed by atoms with E-state index in [1.807, 2.05) is 24.3 Å². The van der Waals surface area contributed by atoms with Crippen molar-refractivity contribution >= 4 is 111 Å². The van der Waals surface area contributed by atoms with Crippen molar-refractivity contribution in [3.05, 3.63) is 232 Å². The van der Waals surface area contributed by atoms with Crippen molar-refractivity contribution in [2.75, 3.05) is 64.3 Å². The highest BCUT2D eigenvalue weighted by Gasteiger charge is 2.51. The monoisotopic (exact) mass is 1420 g/mol. The van der Waals surface area contributed by atoms with Crippen LogP contribution in [0.4, 0.5) is 43.7 Å². The van der Waals surface area contributed by atoms with E-state index in [1.165, 1.54) is 90.8 Å². The molecule has 0 aromatic heterocycles. The Morgan fingerprint density at radius 3 is 1.23 bits per heavy atom. The number of carbonyl (C=O) groups excluding carboxylic acids is 2. The summed E-state index contributed by atoms with van der Waals surface area (Å²) in [5.74, 6) is 0. The van der Waals surface area contributed by atoms with E-state index >= 15 is 0 Å². The molecule has 494 valence electrons. The fourth-order valence-corrected chi connectivity index (χ4v) is 17.7. The molecule has 2 spiro atoms. The van der Waals surface area contributed by atoms with E-state index in [-0.39, 0.29) is 55.1 Å². The van der Waals surface area contributed by atoms with Gasteiger partial charge < -0.3 is 29.1 Å². The molecule has 0 atom stereocenters. The summed E-state index contributed by atoms with van der Waals surface area (Å²) < 4.78 is 15.2. The lowest BCUT2D eigenvalue weighted by molar-refractivity contribution is -0.455. The molecular weight excluding hydrogens is 1340 g/mol. The van der Waals surface area contributed by atoms with E-state index in [4.69, 9.17) is 0 Å². The van der Waals surface area contributed by atoms with Crippen LogP contribution in [-0.4, -0.2) is 107 Å². The number of cyclic esters (lactones) is 2. The number of hydrogen-bond donors (Lipinski definition) is 0. The minimum Gasteiger partial charge on any atom is -0.448 e. The molecule has 0 unspecified atom stereocenters. The van der Waals surface area contributed by atoms with Crippen LogP contribution in [0.2, 0.25) is 0 Å². The quantitative estimate of drug-likeness (QED) is 0.0733. The van der Waals surface area contributed by atoms with Gasteiger partial charge in [-0.3, -0.25) is 20.2 Å². The molecule has 8 aliphatic rings. The lowest BCUT2D eigenvalue weighted by Crippen LogP contribution is -2.32. The summed E-state index contributed by atoms with van der Waals surface area (Å²) in [7, 11) is 7.66. The summed E-state index contributed by atoms with van der Waals surface area (Å²) in [5, 5.41) is 29.5. The predicted octanol–water partition coefficient (Wildman–Crippen LogP) is 18.2. The van der Waals surface area contributed by atoms with Gasteiger partial charge in [-0.05, 0) is 154 Å². The van der Waals surface area contributed by atoms with Crippen molar-refractivity contribution in [3.8, 4) is 0 Å². The van der Waals surface area contributed by atoms with Crippen molar-refractivity contribution in [3.63, 3.8) is 0 Å². The first-order chi connectivity index (χ1) is 46.0. The Balaban J connectivity index is 0.000000530. The van der Waals surface area contributed by atoms with Gasteiger partial charge in [-0.1, -0.05) is 123 Å². The molecule has 6 aliphatic heterocycles. The van der Waals surface area contributed by atoms with E-state index in [1.54, 1.807) is 23.9 Å². The zero-order valence-corrected chi connectivity index (χ0v) is 59.1. The fourth-order valence-electron chi connectivity index (χ4n) is 16.7. The molecule has 6 heterocycles. The zero-order valence-electron chi connectivity index (χ0n) is 55.9. The van der Waals surface area contributed by atoms with Gasteiger partial charge in [0.1, 0.15) is 13.2 Å². The first-order valence-electron chi connectivity index (χ1n) is 33.5. The minimum atomic E-state index is -0.328. The van der Waals surface area contributed by atoms with Gasteiger partial charge in [0.15, 0.2) is 24.5 Å². The second-order valence-corrected chi connectivity index (χ2v) is 29.5. The highest BCUT2D eigenvalue weighted by atomic mass is 79.9. The number of likely N-dealkylation sites (N-methyl/N-ethyl adjacent to an activating group) is 4. The number of halogens is 2. The highest BCUT2D eigenvalue weighted by Crippen LogP contribution is 2.59. The van der Waals surface area contributed by atoms with Gasteiger partial charge in [-0.25, -0.2) is 9.59 Å². The topological polar surface area (TPSA) is 158 Å². The SMILES string of the molecule is CN1/C(=C/C=C/C2=[N+](Cc3ccc(C[N+]4=C(/C=C/C=C5/N(C)c6cc(Br)c([N+](=O)[O-])cc6C56CCCCC6)C(C)(C)c5c4ccc4ccccc54)cc3)c3ccc4ccccc4c3C2(C)C)C2(CCCCC2)c2cc([N+](=O)[O-])c(Br)cc21.CN1CCOC1=O.CN1CCOC1=O. The number of anilines is 2. The number of fused-ring (bicyclic) bond motifs is 10. The van der Waals surface area contributed by atoms with Crippen molar-refractivity contribution in [1.29, 1.82) is 0 Å². The Hall–Kier alpha value is -8.74. The van der Waals surface area contributed by atoms with Gasteiger partial charge >= 0.3 is 12.2 Å². The second-order valence-electron chi connectivity index (χ2n) is 27.8. The standard InChI is InChI=1S/C70H68Br2N6O4.2C4H7NO2/c1-67(2)61(23-17-25-63-69(35-13-7-14-36-69)51-39-59(77(79)80)53(71)41-57(51)73(63)5)75(55-33-31-47-19-9-11-21-49(47)65(55)67)43-45-27-29-46(30-28-45)44-76-56-34-32-48-20-10-12-22-50(48)66(56)68(3,4)62(76)24-18-26-64-70(37-15-8-16-38-70)52-40-60(78(81)82)54(72)42-58(52)74(64)6;2*1-5-2-3-7-4(5)6/h9-12,17-34,39-42H,7-8,13-16,35-38,43-44H2,1-6H3;2*2-3H2,1H3/q+2;;. The first-order valence-corrected chi connectivity index (χ1v) is 35.0. The molecule has 2 saturated heterocycles. The molecule has 0 N–H and O–H groups in total. The summed E-state index contributed by atoms with van der Waals surface area (Å²) >= 11 is 7.07. The molecule has 16 nitrogen and oxygen atoms in total. The Labute approximate surface area is 578 Å². The maximum Gasteiger partial charge on any atom is 0.409 e. The first kappa shape index (κ1) is 65.9. The fraction of sp³-hybridized carbons (Fsp3) is 0.359. The third-order valence-corrected chi connectivity index (χ3v) is 22.8.